The number of benzene rings is 2. The number of rotatable bonds is 6. The largest absolute Gasteiger partial charge is 0.360 e. The first-order valence-corrected chi connectivity index (χ1v) is 8.63. The van der Waals surface area contributed by atoms with Crippen LogP contribution < -0.4 is 5.32 Å². The van der Waals surface area contributed by atoms with Crippen molar-refractivity contribution in [1.82, 2.24) is 9.97 Å². The third-order valence-electron chi connectivity index (χ3n) is 3.37. The minimum atomic E-state index is -0.523. The number of nitrogens with zero attached hydrogens (tertiary/aromatic N) is 3. The Balaban J connectivity index is 1.84. The standard InChI is InChI=1S/C17H12ClFN4O2S/c18-12-3-7-14(8-4-12)26-17-15(23(24)25)16(21-10-22-17)20-9-11-1-5-13(19)6-2-11/h1-8,10H,9H2,(H,20,21,22). The lowest BCUT2D eigenvalue weighted by Gasteiger charge is -2.08. The van der Waals surface area contributed by atoms with E-state index in [1.54, 1.807) is 36.4 Å². The maximum atomic E-state index is 13.0. The Morgan fingerprint density at radius 3 is 2.46 bits per heavy atom. The van der Waals surface area contributed by atoms with E-state index < -0.39 is 4.92 Å². The van der Waals surface area contributed by atoms with Gasteiger partial charge < -0.3 is 5.32 Å². The van der Waals surface area contributed by atoms with Crippen molar-refractivity contribution < 1.29 is 9.31 Å². The van der Waals surface area contributed by atoms with Crippen molar-refractivity contribution in [3.63, 3.8) is 0 Å². The van der Waals surface area contributed by atoms with Crippen LogP contribution in [0, 0.1) is 15.9 Å². The van der Waals surface area contributed by atoms with E-state index in [0.29, 0.717) is 5.02 Å². The summed E-state index contributed by atoms with van der Waals surface area (Å²) < 4.78 is 13.0. The topological polar surface area (TPSA) is 81.0 Å². The van der Waals surface area contributed by atoms with E-state index in [9.17, 15) is 14.5 Å². The van der Waals surface area contributed by atoms with Gasteiger partial charge in [0.2, 0.25) is 5.82 Å². The first kappa shape index (κ1) is 18.1. The smallest absolute Gasteiger partial charge is 0.343 e. The fourth-order valence-electron chi connectivity index (χ4n) is 2.13. The van der Waals surface area contributed by atoms with E-state index in [1.165, 1.54) is 18.5 Å². The normalized spacial score (nSPS) is 10.5. The van der Waals surface area contributed by atoms with Gasteiger partial charge in [0.05, 0.1) is 4.92 Å². The molecular formula is C17H12ClFN4O2S. The lowest BCUT2D eigenvalue weighted by atomic mass is 10.2. The second-order valence-corrected chi connectivity index (χ2v) is 6.67. The van der Waals surface area contributed by atoms with Crippen LogP contribution in [-0.4, -0.2) is 14.9 Å². The molecule has 0 saturated carbocycles. The molecule has 9 heteroatoms. The number of hydrogen-bond acceptors (Lipinski definition) is 6. The average molecular weight is 391 g/mol. The predicted octanol–water partition coefficient (Wildman–Crippen LogP) is 4.94. The Kier molecular flexibility index (Phi) is 5.65. The van der Waals surface area contributed by atoms with Gasteiger partial charge in [-0.2, -0.15) is 0 Å². The minimum Gasteiger partial charge on any atom is -0.360 e. The number of aromatic nitrogens is 2. The number of nitrogens with one attached hydrogen (secondary N) is 1. The number of halogens is 2. The molecule has 0 unspecified atom stereocenters. The molecule has 0 aliphatic heterocycles. The summed E-state index contributed by atoms with van der Waals surface area (Å²) in [6.45, 7) is 0.267. The van der Waals surface area contributed by atoms with Crippen LogP contribution >= 0.6 is 23.4 Å². The molecule has 0 radical (unpaired) electrons. The molecule has 0 atom stereocenters. The monoisotopic (exact) mass is 390 g/mol. The summed E-state index contributed by atoms with van der Waals surface area (Å²) in [5.41, 5.74) is 0.556. The molecule has 0 aliphatic rings. The third kappa shape index (κ3) is 4.47. The molecule has 0 spiro atoms. The van der Waals surface area contributed by atoms with Gasteiger partial charge in [0, 0.05) is 16.5 Å². The fraction of sp³-hybridized carbons (Fsp3) is 0.0588. The molecule has 0 aliphatic carbocycles. The molecule has 2 aromatic carbocycles. The third-order valence-corrected chi connectivity index (χ3v) is 4.62. The number of anilines is 1. The highest BCUT2D eigenvalue weighted by Crippen LogP contribution is 2.36. The molecule has 6 nitrogen and oxygen atoms in total. The van der Waals surface area contributed by atoms with E-state index in [2.05, 4.69) is 15.3 Å². The molecule has 3 rings (SSSR count). The van der Waals surface area contributed by atoms with Crippen molar-refractivity contribution in [2.24, 2.45) is 0 Å². The van der Waals surface area contributed by atoms with Crippen molar-refractivity contribution in [3.05, 3.63) is 81.4 Å². The Bertz CT molecular complexity index is 923. The minimum absolute atomic E-state index is 0.103. The van der Waals surface area contributed by atoms with E-state index in [4.69, 9.17) is 11.6 Å². The van der Waals surface area contributed by atoms with Crippen LogP contribution in [0.5, 0.6) is 0 Å². The molecule has 1 heterocycles. The zero-order valence-electron chi connectivity index (χ0n) is 13.2. The predicted molar refractivity (Wildman–Crippen MR) is 98.0 cm³/mol. The van der Waals surface area contributed by atoms with Crippen LogP contribution in [0.4, 0.5) is 15.9 Å². The van der Waals surface area contributed by atoms with Gasteiger partial charge in [-0.05, 0) is 42.0 Å². The van der Waals surface area contributed by atoms with Crippen molar-refractivity contribution in [2.45, 2.75) is 16.5 Å². The Morgan fingerprint density at radius 2 is 1.81 bits per heavy atom. The van der Waals surface area contributed by atoms with Crippen molar-refractivity contribution in [3.8, 4) is 0 Å². The Morgan fingerprint density at radius 1 is 1.12 bits per heavy atom. The molecule has 1 aromatic heterocycles. The Labute approximate surface area is 157 Å². The summed E-state index contributed by atoms with van der Waals surface area (Å²) in [5, 5.41) is 15.3. The van der Waals surface area contributed by atoms with Crippen LogP contribution in [0.25, 0.3) is 0 Å². The molecule has 132 valence electrons. The molecule has 26 heavy (non-hydrogen) atoms. The summed E-state index contributed by atoms with van der Waals surface area (Å²) in [5.74, 6) is -0.241. The van der Waals surface area contributed by atoms with Crippen LogP contribution in [0.1, 0.15) is 5.56 Å². The van der Waals surface area contributed by atoms with Gasteiger partial charge in [0.1, 0.15) is 12.1 Å². The van der Waals surface area contributed by atoms with Crippen LogP contribution in [0.3, 0.4) is 0 Å². The van der Waals surface area contributed by atoms with Gasteiger partial charge in [-0.1, -0.05) is 35.5 Å². The summed E-state index contributed by atoms with van der Waals surface area (Å²) in [4.78, 5) is 19.8. The second kappa shape index (κ2) is 8.11. The molecule has 0 amide bonds. The molecule has 0 bridgehead atoms. The lowest BCUT2D eigenvalue weighted by molar-refractivity contribution is -0.387. The summed E-state index contributed by atoms with van der Waals surface area (Å²) in [6.07, 6.45) is 1.26. The van der Waals surface area contributed by atoms with Crippen molar-refractivity contribution in [1.29, 1.82) is 0 Å². The highest BCUT2D eigenvalue weighted by molar-refractivity contribution is 7.99. The zero-order valence-corrected chi connectivity index (χ0v) is 14.8. The quantitative estimate of drug-likeness (QED) is 0.364. The lowest BCUT2D eigenvalue weighted by Crippen LogP contribution is -2.06. The van der Waals surface area contributed by atoms with Gasteiger partial charge in [-0.3, -0.25) is 10.1 Å². The molecule has 3 aromatic rings. The highest BCUT2D eigenvalue weighted by Gasteiger charge is 2.23. The van der Waals surface area contributed by atoms with Gasteiger partial charge in [-0.15, -0.1) is 0 Å². The van der Waals surface area contributed by atoms with Gasteiger partial charge >= 0.3 is 5.69 Å². The van der Waals surface area contributed by atoms with Gasteiger partial charge in [-0.25, -0.2) is 14.4 Å². The maximum absolute atomic E-state index is 13.0. The van der Waals surface area contributed by atoms with Crippen molar-refractivity contribution >= 4 is 34.9 Å². The van der Waals surface area contributed by atoms with Crippen LogP contribution in [-0.2, 0) is 6.54 Å². The molecular weight excluding hydrogens is 379 g/mol. The van der Waals surface area contributed by atoms with Gasteiger partial charge in [0.25, 0.3) is 0 Å². The molecule has 0 saturated heterocycles. The fourth-order valence-corrected chi connectivity index (χ4v) is 3.12. The zero-order chi connectivity index (χ0) is 18.5. The average Bonchev–Trinajstić information content (AvgIpc) is 2.63. The first-order chi connectivity index (χ1) is 12.5. The molecule has 1 N–H and O–H groups in total. The maximum Gasteiger partial charge on any atom is 0.343 e. The van der Waals surface area contributed by atoms with Crippen LogP contribution in [0.15, 0.2) is 64.8 Å². The van der Waals surface area contributed by atoms with E-state index in [0.717, 1.165) is 22.2 Å². The SMILES string of the molecule is O=[N+]([O-])c1c(NCc2ccc(F)cc2)ncnc1Sc1ccc(Cl)cc1. The Hall–Kier alpha value is -2.71. The highest BCUT2D eigenvalue weighted by atomic mass is 35.5. The summed E-state index contributed by atoms with van der Waals surface area (Å²) in [7, 11) is 0. The number of hydrogen-bond donors (Lipinski definition) is 1. The first-order valence-electron chi connectivity index (χ1n) is 7.44. The second-order valence-electron chi connectivity index (χ2n) is 5.17. The molecule has 0 fully saturated rings. The summed E-state index contributed by atoms with van der Waals surface area (Å²) >= 11 is 7.00. The van der Waals surface area contributed by atoms with Crippen molar-refractivity contribution in [2.75, 3.05) is 5.32 Å². The van der Waals surface area contributed by atoms with E-state index in [-0.39, 0.29) is 28.9 Å². The van der Waals surface area contributed by atoms with Gasteiger partial charge in [0.15, 0.2) is 5.03 Å². The summed E-state index contributed by atoms with van der Waals surface area (Å²) in [6, 6.07) is 12.8. The van der Waals surface area contributed by atoms with E-state index >= 15 is 0 Å². The van der Waals surface area contributed by atoms with Crippen LogP contribution in [0.2, 0.25) is 5.02 Å². The van der Waals surface area contributed by atoms with E-state index in [1.807, 2.05) is 0 Å². The number of nitro groups is 1.